The van der Waals surface area contributed by atoms with Crippen LogP contribution in [-0.2, 0) is 4.74 Å². The van der Waals surface area contributed by atoms with E-state index >= 15 is 0 Å². The maximum atomic E-state index is 5.62. The fraction of sp³-hybridized carbons (Fsp3) is 1.00. The first-order valence-corrected chi connectivity index (χ1v) is 4.04. The molecule has 0 N–H and O–H groups in total. The summed E-state index contributed by atoms with van der Waals surface area (Å²) in [5.41, 5.74) is 0. The van der Waals surface area contributed by atoms with Crippen molar-refractivity contribution in [3.8, 4) is 0 Å². The van der Waals surface area contributed by atoms with Crippen LogP contribution in [0.2, 0.25) is 0 Å². The molecule has 0 aromatic rings. The molecule has 1 nitrogen and oxygen atoms in total. The average molecular weight is 149 g/mol. The summed E-state index contributed by atoms with van der Waals surface area (Å²) in [6.45, 7) is 3.15. The third kappa shape index (κ3) is 2.15. The highest BCUT2D eigenvalue weighted by atomic mass is 35.5. The summed E-state index contributed by atoms with van der Waals surface area (Å²) < 4.78 is 5.37. The Morgan fingerprint density at radius 3 is 2.89 bits per heavy atom. The fourth-order valence-electron chi connectivity index (χ4n) is 1.18. The van der Waals surface area contributed by atoms with Gasteiger partial charge < -0.3 is 4.74 Å². The van der Waals surface area contributed by atoms with Crippen LogP contribution < -0.4 is 0 Å². The maximum Gasteiger partial charge on any atom is 0.0712 e. The van der Waals surface area contributed by atoms with E-state index in [0.717, 1.165) is 18.9 Å². The SMILES string of the molecule is CC1CCOC(CCl)C1. The van der Waals surface area contributed by atoms with Crippen LogP contribution in [0.5, 0.6) is 0 Å². The zero-order chi connectivity index (χ0) is 6.69. The van der Waals surface area contributed by atoms with Gasteiger partial charge in [-0.25, -0.2) is 0 Å². The molecule has 0 aromatic carbocycles. The Morgan fingerprint density at radius 1 is 1.67 bits per heavy atom. The monoisotopic (exact) mass is 148 g/mol. The van der Waals surface area contributed by atoms with Gasteiger partial charge in [0.05, 0.1) is 6.10 Å². The standard InChI is InChI=1S/C7H13ClO/c1-6-2-3-9-7(4-6)5-8/h6-7H,2-5H2,1H3. The number of alkyl halides is 1. The number of rotatable bonds is 1. The molecule has 0 spiro atoms. The number of hydrogen-bond donors (Lipinski definition) is 0. The molecule has 54 valence electrons. The van der Waals surface area contributed by atoms with Crippen LogP contribution >= 0.6 is 11.6 Å². The van der Waals surface area contributed by atoms with Crippen molar-refractivity contribution in [2.75, 3.05) is 12.5 Å². The van der Waals surface area contributed by atoms with Gasteiger partial charge in [0.25, 0.3) is 0 Å². The molecule has 1 rings (SSSR count). The summed E-state index contributed by atoms with van der Waals surface area (Å²) in [4.78, 5) is 0. The Bertz CT molecular complexity index is 85.0. The van der Waals surface area contributed by atoms with Gasteiger partial charge >= 0.3 is 0 Å². The fourth-order valence-corrected chi connectivity index (χ4v) is 1.39. The van der Waals surface area contributed by atoms with Gasteiger partial charge in [-0.3, -0.25) is 0 Å². The van der Waals surface area contributed by atoms with E-state index in [1.807, 2.05) is 0 Å². The lowest BCUT2D eigenvalue weighted by molar-refractivity contribution is 0.00890. The van der Waals surface area contributed by atoms with Crippen molar-refractivity contribution < 1.29 is 4.74 Å². The minimum atomic E-state index is 0.329. The summed E-state index contributed by atoms with van der Waals surface area (Å²) in [5, 5.41) is 0. The number of hydrogen-bond acceptors (Lipinski definition) is 1. The Morgan fingerprint density at radius 2 is 2.44 bits per heavy atom. The number of halogens is 1. The van der Waals surface area contributed by atoms with E-state index in [1.165, 1.54) is 6.42 Å². The van der Waals surface area contributed by atoms with E-state index < -0.39 is 0 Å². The topological polar surface area (TPSA) is 9.23 Å². The largest absolute Gasteiger partial charge is 0.377 e. The summed E-state index contributed by atoms with van der Waals surface area (Å²) in [7, 11) is 0. The molecule has 0 bridgehead atoms. The molecule has 1 aliphatic heterocycles. The van der Waals surface area contributed by atoms with Gasteiger partial charge in [-0.05, 0) is 18.8 Å². The predicted molar refractivity (Wildman–Crippen MR) is 38.9 cm³/mol. The molecular weight excluding hydrogens is 136 g/mol. The van der Waals surface area contributed by atoms with Gasteiger partial charge in [-0.1, -0.05) is 6.92 Å². The van der Waals surface area contributed by atoms with Crippen molar-refractivity contribution in [2.24, 2.45) is 5.92 Å². The summed E-state index contributed by atoms with van der Waals surface area (Å²) >= 11 is 5.62. The lowest BCUT2D eigenvalue weighted by Crippen LogP contribution is -2.25. The Hall–Kier alpha value is 0.250. The van der Waals surface area contributed by atoms with Crippen molar-refractivity contribution in [3.63, 3.8) is 0 Å². The van der Waals surface area contributed by atoms with E-state index in [4.69, 9.17) is 16.3 Å². The Labute approximate surface area is 61.3 Å². The molecule has 0 saturated carbocycles. The molecule has 0 radical (unpaired) electrons. The van der Waals surface area contributed by atoms with Gasteiger partial charge in [-0.2, -0.15) is 0 Å². The zero-order valence-electron chi connectivity index (χ0n) is 5.77. The molecule has 0 aliphatic carbocycles. The normalized spacial score (nSPS) is 36.7. The molecule has 0 amide bonds. The second-order valence-corrected chi connectivity index (χ2v) is 3.09. The highest BCUT2D eigenvalue weighted by Crippen LogP contribution is 2.19. The third-order valence-electron chi connectivity index (χ3n) is 1.80. The van der Waals surface area contributed by atoms with Crippen molar-refractivity contribution in [1.29, 1.82) is 0 Å². The van der Waals surface area contributed by atoms with Crippen LogP contribution in [0.3, 0.4) is 0 Å². The smallest absolute Gasteiger partial charge is 0.0712 e. The van der Waals surface area contributed by atoms with Crippen LogP contribution in [-0.4, -0.2) is 18.6 Å². The zero-order valence-corrected chi connectivity index (χ0v) is 6.53. The van der Waals surface area contributed by atoms with E-state index in [9.17, 15) is 0 Å². The molecule has 2 unspecified atom stereocenters. The van der Waals surface area contributed by atoms with Crippen molar-refractivity contribution >= 4 is 11.6 Å². The van der Waals surface area contributed by atoms with Crippen LogP contribution in [0.4, 0.5) is 0 Å². The van der Waals surface area contributed by atoms with Crippen LogP contribution in [0.1, 0.15) is 19.8 Å². The molecule has 2 heteroatoms. The molecule has 1 fully saturated rings. The van der Waals surface area contributed by atoms with Crippen molar-refractivity contribution in [3.05, 3.63) is 0 Å². The highest BCUT2D eigenvalue weighted by molar-refractivity contribution is 6.18. The first-order valence-electron chi connectivity index (χ1n) is 3.50. The molecule has 9 heavy (non-hydrogen) atoms. The summed E-state index contributed by atoms with van der Waals surface area (Å²) in [6.07, 6.45) is 2.67. The maximum absolute atomic E-state index is 5.62. The first-order chi connectivity index (χ1) is 4.33. The van der Waals surface area contributed by atoms with Crippen LogP contribution in [0.25, 0.3) is 0 Å². The van der Waals surface area contributed by atoms with E-state index in [0.29, 0.717) is 12.0 Å². The van der Waals surface area contributed by atoms with Crippen LogP contribution in [0.15, 0.2) is 0 Å². The lowest BCUT2D eigenvalue weighted by atomic mass is 9.99. The minimum Gasteiger partial charge on any atom is -0.377 e. The number of ether oxygens (including phenoxy) is 1. The predicted octanol–water partition coefficient (Wildman–Crippen LogP) is 2.04. The van der Waals surface area contributed by atoms with E-state index in [2.05, 4.69) is 6.92 Å². The third-order valence-corrected chi connectivity index (χ3v) is 2.15. The van der Waals surface area contributed by atoms with Gasteiger partial charge in [-0.15, -0.1) is 11.6 Å². The van der Waals surface area contributed by atoms with Crippen molar-refractivity contribution in [1.82, 2.24) is 0 Å². The average Bonchev–Trinajstić information content (AvgIpc) is 1.88. The second-order valence-electron chi connectivity index (χ2n) is 2.78. The molecule has 0 aromatic heterocycles. The van der Waals surface area contributed by atoms with Crippen LogP contribution in [0, 0.1) is 5.92 Å². The van der Waals surface area contributed by atoms with Gasteiger partial charge in [0.2, 0.25) is 0 Å². The molecule has 2 atom stereocenters. The molecule has 1 heterocycles. The quantitative estimate of drug-likeness (QED) is 0.518. The first kappa shape index (κ1) is 7.36. The highest BCUT2D eigenvalue weighted by Gasteiger charge is 2.17. The Balaban J connectivity index is 2.23. The summed E-state index contributed by atoms with van der Waals surface area (Å²) in [5.74, 6) is 1.46. The Kier molecular flexibility index (Phi) is 2.80. The lowest BCUT2D eigenvalue weighted by Gasteiger charge is -2.25. The van der Waals surface area contributed by atoms with E-state index in [-0.39, 0.29) is 0 Å². The molecule has 1 aliphatic rings. The second kappa shape index (κ2) is 3.43. The van der Waals surface area contributed by atoms with Gasteiger partial charge in [0.15, 0.2) is 0 Å². The van der Waals surface area contributed by atoms with Gasteiger partial charge in [0, 0.05) is 12.5 Å². The molecule has 1 saturated heterocycles. The van der Waals surface area contributed by atoms with E-state index in [1.54, 1.807) is 0 Å². The summed E-state index contributed by atoms with van der Waals surface area (Å²) in [6, 6.07) is 0. The minimum absolute atomic E-state index is 0.329. The molecular formula is C7H13ClO. The van der Waals surface area contributed by atoms with Crippen molar-refractivity contribution in [2.45, 2.75) is 25.9 Å². The van der Waals surface area contributed by atoms with Gasteiger partial charge in [0.1, 0.15) is 0 Å².